The maximum Gasteiger partial charge on any atom is 0.122 e. The highest BCUT2D eigenvalue weighted by Gasteiger charge is 2.17. The van der Waals surface area contributed by atoms with Gasteiger partial charge in [-0.05, 0) is 55.4 Å². The van der Waals surface area contributed by atoms with Crippen molar-refractivity contribution in [2.75, 3.05) is 24.6 Å². The van der Waals surface area contributed by atoms with Crippen LogP contribution in [0.5, 0.6) is 5.75 Å². The lowest BCUT2D eigenvalue weighted by Crippen LogP contribution is -2.42. The largest absolute Gasteiger partial charge is 0.493 e. The molecule has 1 unspecified atom stereocenters. The van der Waals surface area contributed by atoms with Crippen LogP contribution in [0, 0.1) is 12.3 Å². The smallest absolute Gasteiger partial charge is 0.122 e. The van der Waals surface area contributed by atoms with E-state index in [4.69, 9.17) is 10.5 Å². The van der Waals surface area contributed by atoms with Crippen molar-refractivity contribution in [2.45, 2.75) is 53.0 Å². The van der Waals surface area contributed by atoms with Gasteiger partial charge in [0.15, 0.2) is 0 Å². The molecule has 2 N–H and O–H groups in total. The summed E-state index contributed by atoms with van der Waals surface area (Å²) in [6, 6.07) is 6.80. The number of nitrogens with zero attached hydrogens (tertiary/aromatic N) is 1. The van der Waals surface area contributed by atoms with Gasteiger partial charge in [0.1, 0.15) is 5.75 Å². The Morgan fingerprint density at radius 2 is 2.10 bits per heavy atom. The van der Waals surface area contributed by atoms with Gasteiger partial charge >= 0.3 is 0 Å². The minimum absolute atomic E-state index is 0.307. The number of piperidine rings is 1. The normalized spacial score (nSPS) is 19.7. The van der Waals surface area contributed by atoms with Crippen LogP contribution in [0.3, 0.4) is 0 Å². The van der Waals surface area contributed by atoms with E-state index >= 15 is 0 Å². The van der Waals surface area contributed by atoms with E-state index in [0.717, 1.165) is 38.3 Å². The molecule has 0 amide bonds. The van der Waals surface area contributed by atoms with Gasteiger partial charge in [0.25, 0.3) is 0 Å². The quantitative estimate of drug-likeness (QED) is 0.918. The highest BCUT2D eigenvalue weighted by atomic mass is 16.5. The van der Waals surface area contributed by atoms with E-state index in [0.29, 0.717) is 11.5 Å². The van der Waals surface area contributed by atoms with Gasteiger partial charge < -0.3 is 15.4 Å². The van der Waals surface area contributed by atoms with Crippen molar-refractivity contribution in [3.8, 4) is 5.75 Å². The highest BCUT2D eigenvalue weighted by molar-refractivity contribution is 5.53. The molecule has 1 aliphatic rings. The molecule has 0 saturated carbocycles. The summed E-state index contributed by atoms with van der Waals surface area (Å²) in [7, 11) is 0. The molecule has 0 spiro atoms. The maximum absolute atomic E-state index is 6.07. The molecule has 0 radical (unpaired) electrons. The first-order chi connectivity index (χ1) is 9.85. The van der Waals surface area contributed by atoms with Gasteiger partial charge in [-0.3, -0.25) is 0 Å². The average molecular weight is 290 g/mol. The second kappa shape index (κ2) is 6.69. The van der Waals surface area contributed by atoms with Crippen molar-refractivity contribution in [1.29, 1.82) is 0 Å². The third kappa shape index (κ3) is 4.92. The molecule has 1 heterocycles. The Bertz CT molecular complexity index is 465. The van der Waals surface area contributed by atoms with Crippen LogP contribution >= 0.6 is 0 Å². The minimum Gasteiger partial charge on any atom is -0.493 e. The monoisotopic (exact) mass is 290 g/mol. The van der Waals surface area contributed by atoms with Crippen LogP contribution in [0.15, 0.2) is 18.2 Å². The first kappa shape index (κ1) is 16.2. The average Bonchev–Trinajstić information content (AvgIpc) is 2.39. The molecule has 1 aromatic rings. The predicted molar refractivity (Wildman–Crippen MR) is 90.2 cm³/mol. The standard InChI is InChI=1S/C18H30N2O/c1-14-12-16(20-10-5-6-15(19)13-20)7-8-17(14)21-11-9-18(2,3)4/h7-8,12,15H,5-6,9-11,13,19H2,1-4H3. The fraction of sp³-hybridized carbons (Fsp3) is 0.667. The van der Waals surface area contributed by atoms with Crippen molar-refractivity contribution in [3.05, 3.63) is 23.8 Å². The van der Waals surface area contributed by atoms with Crippen LogP contribution in [0.1, 0.15) is 45.6 Å². The van der Waals surface area contributed by atoms with E-state index < -0.39 is 0 Å². The Hall–Kier alpha value is -1.22. The van der Waals surface area contributed by atoms with Crippen LogP contribution < -0.4 is 15.4 Å². The van der Waals surface area contributed by atoms with Crippen molar-refractivity contribution in [2.24, 2.45) is 11.1 Å². The van der Waals surface area contributed by atoms with Gasteiger partial charge in [0.05, 0.1) is 6.61 Å². The summed E-state index contributed by atoms with van der Waals surface area (Å²) in [6.07, 6.45) is 3.39. The summed E-state index contributed by atoms with van der Waals surface area (Å²) in [6.45, 7) is 11.7. The Morgan fingerprint density at radius 1 is 1.33 bits per heavy atom. The molecule has 0 aromatic heterocycles. The van der Waals surface area contributed by atoms with Crippen molar-refractivity contribution in [1.82, 2.24) is 0 Å². The fourth-order valence-electron chi connectivity index (χ4n) is 2.70. The molecule has 3 nitrogen and oxygen atoms in total. The molecule has 1 atom stereocenters. The second-order valence-corrected chi connectivity index (χ2v) is 7.46. The number of hydrogen-bond donors (Lipinski definition) is 1. The molecule has 0 aliphatic carbocycles. The van der Waals surface area contributed by atoms with Crippen LogP contribution in [0.2, 0.25) is 0 Å². The summed E-state index contributed by atoms with van der Waals surface area (Å²) in [5.41, 5.74) is 8.87. The van der Waals surface area contributed by atoms with E-state index in [1.165, 1.54) is 17.7 Å². The third-order valence-corrected chi connectivity index (χ3v) is 4.09. The number of benzene rings is 1. The van der Waals surface area contributed by atoms with Gasteiger partial charge in [-0.25, -0.2) is 0 Å². The second-order valence-electron chi connectivity index (χ2n) is 7.46. The van der Waals surface area contributed by atoms with Gasteiger partial charge in [-0.2, -0.15) is 0 Å². The number of aryl methyl sites for hydroxylation is 1. The molecule has 0 bridgehead atoms. The van der Waals surface area contributed by atoms with Crippen molar-refractivity contribution >= 4 is 5.69 Å². The Morgan fingerprint density at radius 3 is 2.71 bits per heavy atom. The zero-order chi connectivity index (χ0) is 15.5. The first-order valence-corrected chi connectivity index (χ1v) is 8.09. The lowest BCUT2D eigenvalue weighted by molar-refractivity contribution is 0.242. The summed E-state index contributed by atoms with van der Waals surface area (Å²) < 4.78 is 5.93. The fourth-order valence-corrected chi connectivity index (χ4v) is 2.70. The van der Waals surface area contributed by atoms with E-state index in [1.54, 1.807) is 0 Å². The van der Waals surface area contributed by atoms with Crippen LogP contribution in [-0.2, 0) is 0 Å². The molecule has 1 fully saturated rings. The third-order valence-electron chi connectivity index (χ3n) is 4.09. The van der Waals surface area contributed by atoms with Gasteiger partial charge in [-0.1, -0.05) is 20.8 Å². The number of ether oxygens (including phenoxy) is 1. The van der Waals surface area contributed by atoms with E-state index in [9.17, 15) is 0 Å². The summed E-state index contributed by atoms with van der Waals surface area (Å²) >= 11 is 0. The minimum atomic E-state index is 0.307. The lowest BCUT2D eigenvalue weighted by Gasteiger charge is -2.33. The Labute approximate surface area is 129 Å². The molecule has 3 heteroatoms. The molecule has 2 rings (SSSR count). The molecular weight excluding hydrogens is 260 g/mol. The summed E-state index contributed by atoms with van der Waals surface area (Å²) in [5, 5.41) is 0. The molecular formula is C18H30N2O. The highest BCUT2D eigenvalue weighted by Crippen LogP contribution is 2.27. The zero-order valence-corrected chi connectivity index (χ0v) is 14.0. The van der Waals surface area contributed by atoms with Gasteiger partial charge in [0, 0.05) is 24.8 Å². The summed E-state index contributed by atoms with van der Waals surface area (Å²) in [5.74, 6) is 1.00. The van der Waals surface area contributed by atoms with Crippen molar-refractivity contribution < 1.29 is 4.74 Å². The molecule has 1 aromatic carbocycles. The molecule has 21 heavy (non-hydrogen) atoms. The van der Waals surface area contributed by atoms with E-state index in [-0.39, 0.29) is 0 Å². The van der Waals surface area contributed by atoms with Crippen LogP contribution in [0.4, 0.5) is 5.69 Å². The Balaban J connectivity index is 1.97. The number of nitrogens with two attached hydrogens (primary N) is 1. The lowest BCUT2D eigenvalue weighted by atomic mass is 9.93. The predicted octanol–water partition coefficient (Wildman–Crippen LogP) is 3.74. The van der Waals surface area contributed by atoms with E-state index in [1.807, 2.05) is 0 Å². The first-order valence-electron chi connectivity index (χ1n) is 8.09. The zero-order valence-electron chi connectivity index (χ0n) is 14.0. The van der Waals surface area contributed by atoms with Crippen molar-refractivity contribution in [3.63, 3.8) is 0 Å². The summed E-state index contributed by atoms with van der Waals surface area (Å²) in [4.78, 5) is 2.39. The number of anilines is 1. The van der Waals surface area contributed by atoms with E-state index in [2.05, 4.69) is 50.8 Å². The van der Waals surface area contributed by atoms with Gasteiger partial charge in [-0.15, -0.1) is 0 Å². The topological polar surface area (TPSA) is 38.5 Å². The maximum atomic E-state index is 6.07. The number of hydrogen-bond acceptors (Lipinski definition) is 3. The number of rotatable bonds is 4. The molecule has 1 aliphatic heterocycles. The van der Waals surface area contributed by atoms with Crippen LogP contribution in [0.25, 0.3) is 0 Å². The SMILES string of the molecule is Cc1cc(N2CCCC(N)C2)ccc1OCCC(C)(C)C. The molecule has 1 saturated heterocycles. The van der Waals surface area contributed by atoms with Gasteiger partial charge in [0.2, 0.25) is 0 Å². The Kier molecular flexibility index (Phi) is 5.15. The molecule has 118 valence electrons. The van der Waals surface area contributed by atoms with Crippen LogP contribution in [-0.4, -0.2) is 25.7 Å².